The van der Waals surface area contributed by atoms with Gasteiger partial charge in [-0.15, -0.1) is 0 Å². The minimum atomic E-state index is -5.17. The van der Waals surface area contributed by atoms with Gasteiger partial charge in [-0.3, -0.25) is 25.9 Å². The van der Waals surface area contributed by atoms with Gasteiger partial charge in [0, 0.05) is 20.8 Å². The van der Waals surface area contributed by atoms with E-state index >= 15 is 0 Å². The fourth-order valence-electron chi connectivity index (χ4n) is 0. The molecule has 0 saturated heterocycles. The van der Waals surface area contributed by atoms with E-state index in [0.717, 1.165) is 0 Å². The van der Waals surface area contributed by atoms with Gasteiger partial charge in [0.2, 0.25) is 0 Å². The first-order chi connectivity index (χ1) is 6.00. The van der Waals surface area contributed by atoms with Gasteiger partial charge < -0.3 is 18.2 Å². The molecule has 0 aliphatic carbocycles. The molecule has 0 bridgehead atoms. The van der Waals surface area contributed by atoms with Crippen LogP contribution in [0.1, 0.15) is 0 Å². The van der Waals surface area contributed by atoms with Gasteiger partial charge in [-0.25, -0.2) is 0 Å². The average molecular weight is 417 g/mol. The fraction of sp³-hybridized carbons (Fsp3) is 0. The summed E-state index contributed by atoms with van der Waals surface area (Å²) in [6.07, 6.45) is 0. The standard InChI is InChI=1S/2Cu.3H2O4S/c;;3*1-5(2,3)4/h;;3*(H2,1,2,3,4)/q2*+2;;;/p-4. The van der Waals surface area contributed by atoms with E-state index in [1.165, 1.54) is 0 Å². The van der Waals surface area contributed by atoms with Gasteiger partial charge in [0.25, 0.3) is 0 Å². The van der Waals surface area contributed by atoms with Crippen LogP contribution in [0, 0.1) is 0 Å². The van der Waals surface area contributed by atoms with Gasteiger partial charge >= 0.3 is 44.5 Å². The van der Waals surface area contributed by atoms with Crippen LogP contribution in [-0.4, -0.2) is 52.6 Å². The van der Waals surface area contributed by atoms with E-state index in [1.807, 2.05) is 0 Å². The van der Waals surface area contributed by atoms with Crippen LogP contribution in [0.2, 0.25) is 0 Å². The smallest absolute Gasteiger partial charge is 0.759 e. The zero-order valence-electron chi connectivity index (χ0n) is 6.80. The summed E-state index contributed by atoms with van der Waals surface area (Å²) in [6, 6.07) is 0. The van der Waals surface area contributed by atoms with Crippen molar-refractivity contribution in [2.45, 2.75) is 0 Å². The van der Waals surface area contributed by atoms with Crippen molar-refractivity contribution >= 4 is 31.2 Å². The molecular formula is H2Cu2O12S3. The van der Waals surface area contributed by atoms with Crippen molar-refractivity contribution in [3.8, 4) is 0 Å². The maximum atomic E-state index is 8.74. The molecule has 0 heterocycles. The fourth-order valence-corrected chi connectivity index (χ4v) is 0. The normalized spacial score (nSPS) is 10.2. The number of rotatable bonds is 0. The van der Waals surface area contributed by atoms with Gasteiger partial charge in [0.05, 0.1) is 0 Å². The van der Waals surface area contributed by atoms with E-state index < -0.39 is 31.2 Å². The minimum absolute atomic E-state index is 0. The summed E-state index contributed by atoms with van der Waals surface area (Å²) in [5.41, 5.74) is 0. The molecule has 0 aliphatic rings. The third-order valence-corrected chi connectivity index (χ3v) is 0. The second-order valence-electron chi connectivity index (χ2n) is 1.26. The molecule has 0 aliphatic heterocycles. The summed E-state index contributed by atoms with van der Waals surface area (Å²) < 4.78 is 99.7. The quantitative estimate of drug-likeness (QED) is 0.223. The summed E-state index contributed by atoms with van der Waals surface area (Å²) in [4.78, 5) is 0. The SMILES string of the molecule is O=S(=O)(O)O.O=S(=O)([O-])[O-].O=S(=O)([O-])[O-].[Cu+2].[Cu+2]. The van der Waals surface area contributed by atoms with E-state index in [1.54, 1.807) is 0 Å². The molecule has 0 atom stereocenters. The van der Waals surface area contributed by atoms with Crippen molar-refractivity contribution in [1.29, 1.82) is 0 Å². The monoisotopic (exact) mass is 416 g/mol. The number of hydrogen-bond acceptors (Lipinski definition) is 10. The molecule has 17 heteroatoms. The Morgan fingerprint density at radius 3 is 0.588 bits per heavy atom. The predicted octanol–water partition coefficient (Wildman–Crippen LogP) is -3.33. The molecule has 0 rings (SSSR count). The second-order valence-corrected chi connectivity index (χ2v) is 3.79. The first-order valence-corrected chi connectivity index (χ1v) is 6.10. The van der Waals surface area contributed by atoms with Crippen LogP contribution in [0.25, 0.3) is 0 Å². The molecule has 0 unspecified atom stereocenters. The van der Waals surface area contributed by atoms with Gasteiger partial charge in [0.15, 0.2) is 0 Å². The van der Waals surface area contributed by atoms with E-state index in [0.29, 0.717) is 0 Å². The summed E-state index contributed by atoms with van der Waals surface area (Å²) in [6.45, 7) is 0. The Kier molecular flexibility index (Phi) is 21.1. The number of hydrogen-bond donors (Lipinski definition) is 2. The molecule has 0 aromatic carbocycles. The van der Waals surface area contributed by atoms with Crippen LogP contribution in [0.3, 0.4) is 0 Å². The molecule has 0 amide bonds. The molecule has 0 aromatic heterocycles. The van der Waals surface area contributed by atoms with Gasteiger partial charge in [-0.2, -0.15) is 8.42 Å². The third kappa shape index (κ3) is 8480. The molecule has 2 N–H and O–H groups in total. The second kappa shape index (κ2) is 11.7. The zero-order valence-corrected chi connectivity index (χ0v) is 11.1. The van der Waals surface area contributed by atoms with Crippen LogP contribution in [0.4, 0.5) is 0 Å². The Bertz CT molecular complexity index is 341. The molecule has 12 nitrogen and oxygen atoms in total. The topological polar surface area (TPSA) is 235 Å². The van der Waals surface area contributed by atoms with Crippen molar-refractivity contribution < 1.29 is 86.7 Å². The molecule has 0 aromatic rings. The summed E-state index contributed by atoms with van der Waals surface area (Å²) >= 11 is 0. The zero-order chi connectivity index (χ0) is 13.5. The van der Waals surface area contributed by atoms with E-state index in [2.05, 4.69) is 0 Å². The molecular weight excluding hydrogens is 415 g/mol. The Hall–Kier alpha value is 0.649. The Balaban J connectivity index is -0.0000000400. The van der Waals surface area contributed by atoms with E-state index in [9.17, 15) is 0 Å². The van der Waals surface area contributed by atoms with Crippen LogP contribution in [-0.2, 0) is 65.3 Å². The van der Waals surface area contributed by atoms with Crippen molar-refractivity contribution in [2.24, 2.45) is 0 Å². The van der Waals surface area contributed by atoms with Crippen LogP contribution in [0.5, 0.6) is 0 Å². The Labute approximate surface area is 117 Å². The van der Waals surface area contributed by atoms with Gasteiger partial charge in [0.1, 0.15) is 0 Å². The first kappa shape index (κ1) is 30.6. The van der Waals surface area contributed by atoms with Gasteiger partial charge in [-0.05, 0) is 0 Å². The third-order valence-electron chi connectivity index (χ3n) is 0. The van der Waals surface area contributed by atoms with Crippen molar-refractivity contribution in [3.05, 3.63) is 0 Å². The molecule has 0 spiro atoms. The maximum Gasteiger partial charge on any atom is 2.00 e. The molecule has 0 saturated carbocycles. The molecule has 0 fully saturated rings. The largest absolute Gasteiger partial charge is 2.00 e. The minimum Gasteiger partial charge on any atom is -0.759 e. The molecule has 2 radical (unpaired) electrons. The van der Waals surface area contributed by atoms with E-state index in [-0.39, 0.29) is 34.1 Å². The summed E-state index contributed by atoms with van der Waals surface area (Å²) in [7, 11) is -15.0. The molecule has 114 valence electrons. The first-order valence-electron chi connectivity index (χ1n) is 2.03. The Morgan fingerprint density at radius 1 is 0.588 bits per heavy atom. The average Bonchev–Trinajstić information content (AvgIpc) is 1.41. The molecule has 17 heavy (non-hydrogen) atoms. The summed E-state index contributed by atoms with van der Waals surface area (Å²) in [5, 5.41) is 0. The van der Waals surface area contributed by atoms with Crippen molar-refractivity contribution in [3.63, 3.8) is 0 Å². The van der Waals surface area contributed by atoms with Crippen molar-refractivity contribution in [1.82, 2.24) is 0 Å². The predicted molar refractivity (Wildman–Crippen MR) is 35.1 cm³/mol. The maximum absolute atomic E-state index is 8.74. The van der Waals surface area contributed by atoms with Crippen LogP contribution >= 0.6 is 0 Å². The summed E-state index contributed by atoms with van der Waals surface area (Å²) in [5.74, 6) is 0. The Morgan fingerprint density at radius 2 is 0.588 bits per heavy atom. The van der Waals surface area contributed by atoms with E-state index in [4.69, 9.17) is 52.6 Å². The van der Waals surface area contributed by atoms with Crippen LogP contribution < -0.4 is 0 Å². The van der Waals surface area contributed by atoms with Crippen molar-refractivity contribution in [2.75, 3.05) is 0 Å². The van der Waals surface area contributed by atoms with Gasteiger partial charge in [-0.1, -0.05) is 0 Å². The van der Waals surface area contributed by atoms with Crippen LogP contribution in [0.15, 0.2) is 0 Å².